The van der Waals surface area contributed by atoms with E-state index in [1.54, 1.807) is 36.2 Å². The Morgan fingerprint density at radius 2 is 2.00 bits per heavy atom. The molecule has 0 spiro atoms. The first-order valence-electron chi connectivity index (χ1n) is 6.31. The minimum atomic E-state index is -0.894. The molecule has 0 aliphatic carbocycles. The topological polar surface area (TPSA) is 86.7 Å². The normalized spacial score (nSPS) is 18.1. The van der Waals surface area contributed by atoms with E-state index in [-0.39, 0.29) is 30.6 Å². The molecular formula is C14H16N2O4. The van der Waals surface area contributed by atoms with Gasteiger partial charge in [-0.25, -0.2) is 0 Å². The van der Waals surface area contributed by atoms with Crippen molar-refractivity contribution in [3.05, 3.63) is 29.8 Å². The van der Waals surface area contributed by atoms with Crippen LogP contribution in [0.25, 0.3) is 0 Å². The summed E-state index contributed by atoms with van der Waals surface area (Å²) >= 11 is 0. The zero-order valence-corrected chi connectivity index (χ0v) is 11.1. The number of rotatable bonds is 4. The second-order valence-electron chi connectivity index (χ2n) is 4.93. The second-order valence-corrected chi connectivity index (χ2v) is 4.93. The van der Waals surface area contributed by atoms with Crippen molar-refractivity contribution in [3.63, 3.8) is 0 Å². The smallest absolute Gasteiger partial charge is 0.307 e. The van der Waals surface area contributed by atoms with Gasteiger partial charge >= 0.3 is 5.97 Å². The monoisotopic (exact) mass is 276 g/mol. The average Bonchev–Trinajstić information content (AvgIpc) is 2.71. The van der Waals surface area contributed by atoms with Crippen molar-refractivity contribution in [1.82, 2.24) is 4.90 Å². The highest BCUT2D eigenvalue weighted by atomic mass is 16.4. The number of amides is 2. The molecule has 6 heteroatoms. The molecule has 1 heterocycles. The summed E-state index contributed by atoms with van der Waals surface area (Å²) in [6.07, 6.45) is 0.190. The van der Waals surface area contributed by atoms with E-state index in [0.717, 1.165) is 0 Å². The minimum absolute atomic E-state index is 0.0260. The highest BCUT2D eigenvalue weighted by Crippen LogP contribution is 2.18. The van der Waals surface area contributed by atoms with E-state index in [9.17, 15) is 14.4 Å². The van der Waals surface area contributed by atoms with Crippen molar-refractivity contribution in [2.24, 2.45) is 5.92 Å². The van der Waals surface area contributed by atoms with Gasteiger partial charge in [0.25, 0.3) is 0 Å². The number of benzene rings is 1. The molecule has 1 atom stereocenters. The van der Waals surface area contributed by atoms with Gasteiger partial charge in [-0.3, -0.25) is 14.4 Å². The van der Waals surface area contributed by atoms with Gasteiger partial charge in [0.1, 0.15) is 0 Å². The van der Waals surface area contributed by atoms with Gasteiger partial charge in [0, 0.05) is 25.7 Å². The molecule has 1 aliphatic heterocycles. The Bertz CT molecular complexity index is 539. The fraction of sp³-hybridized carbons (Fsp3) is 0.357. The number of carboxylic acid groups (broad SMARTS) is 1. The van der Waals surface area contributed by atoms with Gasteiger partial charge in [-0.2, -0.15) is 0 Å². The minimum Gasteiger partial charge on any atom is -0.481 e. The highest BCUT2D eigenvalue weighted by molar-refractivity contribution is 5.97. The van der Waals surface area contributed by atoms with Crippen LogP contribution in [0.4, 0.5) is 5.69 Å². The molecule has 0 bridgehead atoms. The number of aliphatic carboxylic acids is 1. The third-order valence-electron chi connectivity index (χ3n) is 3.29. The third-order valence-corrected chi connectivity index (χ3v) is 3.29. The predicted molar refractivity (Wildman–Crippen MR) is 72.2 cm³/mol. The molecule has 0 radical (unpaired) electrons. The lowest BCUT2D eigenvalue weighted by Crippen LogP contribution is -2.25. The average molecular weight is 276 g/mol. The molecule has 20 heavy (non-hydrogen) atoms. The summed E-state index contributed by atoms with van der Waals surface area (Å²) in [5.74, 6) is -1.43. The number of likely N-dealkylation sites (tertiary alicyclic amines) is 1. The predicted octanol–water partition coefficient (Wildman–Crippen LogP) is 0.730. The molecule has 1 aromatic rings. The quantitative estimate of drug-likeness (QED) is 0.848. The number of hydrogen-bond donors (Lipinski definition) is 2. The van der Waals surface area contributed by atoms with Gasteiger partial charge in [-0.05, 0) is 17.7 Å². The van der Waals surface area contributed by atoms with Gasteiger partial charge in [-0.15, -0.1) is 0 Å². The van der Waals surface area contributed by atoms with Crippen LogP contribution < -0.4 is 5.32 Å². The maximum absolute atomic E-state index is 12.0. The standard InChI is InChI=1S/C14H16N2O4/c1-16-8-10(7-12(16)17)14(20)15-11-4-2-9(3-5-11)6-13(18)19/h2-5,10H,6-8H2,1H3,(H,15,20)(H,18,19). The van der Waals surface area contributed by atoms with Crippen LogP contribution in [0.5, 0.6) is 0 Å². The molecular weight excluding hydrogens is 260 g/mol. The van der Waals surface area contributed by atoms with E-state index in [1.165, 1.54) is 0 Å². The van der Waals surface area contributed by atoms with Crippen molar-refractivity contribution in [2.45, 2.75) is 12.8 Å². The second kappa shape index (κ2) is 5.73. The van der Waals surface area contributed by atoms with Crippen molar-refractivity contribution < 1.29 is 19.5 Å². The summed E-state index contributed by atoms with van der Waals surface area (Å²) < 4.78 is 0. The number of anilines is 1. The van der Waals surface area contributed by atoms with Crippen LogP contribution in [0.3, 0.4) is 0 Å². The van der Waals surface area contributed by atoms with Gasteiger partial charge < -0.3 is 15.3 Å². The first-order valence-corrected chi connectivity index (χ1v) is 6.31. The molecule has 6 nitrogen and oxygen atoms in total. The zero-order valence-electron chi connectivity index (χ0n) is 11.1. The van der Waals surface area contributed by atoms with E-state index in [0.29, 0.717) is 17.8 Å². The molecule has 1 saturated heterocycles. The number of carboxylic acids is 1. The maximum Gasteiger partial charge on any atom is 0.307 e. The van der Waals surface area contributed by atoms with Crippen LogP contribution in [0, 0.1) is 5.92 Å². The van der Waals surface area contributed by atoms with Crippen LogP contribution in [0.15, 0.2) is 24.3 Å². The largest absolute Gasteiger partial charge is 0.481 e. The summed E-state index contributed by atoms with van der Waals surface area (Å²) in [6, 6.07) is 6.65. The van der Waals surface area contributed by atoms with Gasteiger partial charge in [0.05, 0.1) is 12.3 Å². The number of hydrogen-bond acceptors (Lipinski definition) is 3. The van der Waals surface area contributed by atoms with Crippen LogP contribution in [0.2, 0.25) is 0 Å². The summed E-state index contributed by atoms with van der Waals surface area (Å²) in [5, 5.41) is 11.4. The Balaban J connectivity index is 1.95. The molecule has 106 valence electrons. The summed E-state index contributed by atoms with van der Waals surface area (Å²) in [5.41, 5.74) is 1.28. The maximum atomic E-state index is 12.0. The van der Waals surface area contributed by atoms with Crippen molar-refractivity contribution in [1.29, 1.82) is 0 Å². The highest BCUT2D eigenvalue weighted by Gasteiger charge is 2.31. The summed E-state index contributed by atoms with van der Waals surface area (Å²) in [4.78, 5) is 35.5. The Morgan fingerprint density at radius 1 is 1.35 bits per heavy atom. The molecule has 1 unspecified atom stereocenters. The number of carbonyl (C=O) groups excluding carboxylic acids is 2. The lowest BCUT2D eigenvalue weighted by atomic mass is 10.1. The summed E-state index contributed by atoms with van der Waals surface area (Å²) in [6.45, 7) is 0.432. The Labute approximate surface area is 116 Å². The zero-order chi connectivity index (χ0) is 14.7. The van der Waals surface area contributed by atoms with E-state index in [1.807, 2.05) is 0 Å². The number of nitrogens with zero attached hydrogens (tertiary/aromatic N) is 1. The lowest BCUT2D eigenvalue weighted by molar-refractivity contribution is -0.136. The first kappa shape index (κ1) is 14.0. The molecule has 1 aromatic carbocycles. The van der Waals surface area contributed by atoms with E-state index in [4.69, 9.17) is 5.11 Å². The molecule has 0 saturated carbocycles. The number of nitrogens with one attached hydrogen (secondary N) is 1. The van der Waals surface area contributed by atoms with Gasteiger partial charge in [0.2, 0.25) is 11.8 Å². The molecule has 2 N–H and O–H groups in total. The van der Waals surface area contributed by atoms with Gasteiger partial charge in [0.15, 0.2) is 0 Å². The van der Waals surface area contributed by atoms with Crippen molar-refractivity contribution in [2.75, 3.05) is 18.9 Å². The first-order chi connectivity index (χ1) is 9.45. The summed E-state index contributed by atoms with van der Waals surface area (Å²) in [7, 11) is 1.68. The van der Waals surface area contributed by atoms with Crippen molar-refractivity contribution in [3.8, 4) is 0 Å². The van der Waals surface area contributed by atoms with Crippen LogP contribution in [-0.4, -0.2) is 41.4 Å². The number of carbonyl (C=O) groups is 3. The van der Waals surface area contributed by atoms with E-state index in [2.05, 4.69) is 5.32 Å². The Morgan fingerprint density at radius 3 is 2.50 bits per heavy atom. The van der Waals surface area contributed by atoms with E-state index < -0.39 is 5.97 Å². The lowest BCUT2D eigenvalue weighted by Gasteiger charge is -2.11. The Kier molecular flexibility index (Phi) is 4.02. The molecule has 0 aromatic heterocycles. The molecule has 1 fully saturated rings. The Hall–Kier alpha value is -2.37. The van der Waals surface area contributed by atoms with Gasteiger partial charge in [-0.1, -0.05) is 12.1 Å². The SMILES string of the molecule is CN1CC(C(=O)Nc2ccc(CC(=O)O)cc2)CC1=O. The van der Waals surface area contributed by atoms with Crippen LogP contribution >= 0.6 is 0 Å². The molecule has 2 rings (SSSR count). The fourth-order valence-electron chi connectivity index (χ4n) is 2.16. The van der Waals surface area contributed by atoms with E-state index >= 15 is 0 Å². The fourth-order valence-corrected chi connectivity index (χ4v) is 2.16. The van der Waals surface area contributed by atoms with Crippen molar-refractivity contribution >= 4 is 23.5 Å². The molecule has 1 aliphatic rings. The van der Waals surface area contributed by atoms with Crippen LogP contribution in [0.1, 0.15) is 12.0 Å². The van der Waals surface area contributed by atoms with Crippen LogP contribution in [-0.2, 0) is 20.8 Å². The third kappa shape index (κ3) is 3.34. The molecule has 2 amide bonds.